The summed E-state index contributed by atoms with van der Waals surface area (Å²) in [5.41, 5.74) is 4.69. The van der Waals surface area contributed by atoms with Gasteiger partial charge in [0.1, 0.15) is 36.1 Å². The van der Waals surface area contributed by atoms with Crippen LogP contribution < -0.4 is 19.5 Å². The first kappa shape index (κ1) is 26.8. The maximum atomic E-state index is 11.9. The van der Waals surface area contributed by atoms with Gasteiger partial charge in [0.15, 0.2) is 0 Å². The lowest BCUT2D eigenvalue weighted by Gasteiger charge is -2.38. The number of benzene rings is 2. The lowest BCUT2D eigenvalue weighted by Crippen LogP contribution is -2.42. The van der Waals surface area contributed by atoms with Crippen molar-refractivity contribution in [3.8, 4) is 17.2 Å². The topological polar surface area (TPSA) is 73.9 Å². The van der Waals surface area contributed by atoms with Gasteiger partial charge in [0.05, 0.1) is 13.9 Å². The number of fused-ring (bicyclic) bond motifs is 1. The Morgan fingerprint density at radius 2 is 1.81 bits per heavy atom. The van der Waals surface area contributed by atoms with Crippen LogP contribution in [0.4, 0.5) is 4.79 Å². The second kappa shape index (κ2) is 10.6. The van der Waals surface area contributed by atoms with Crippen LogP contribution >= 0.6 is 43.6 Å². The number of carbonyl (C=O) groups is 2. The zero-order valence-corrected chi connectivity index (χ0v) is 24.5. The number of thioether (sulfide) groups is 1. The van der Waals surface area contributed by atoms with E-state index in [0.717, 1.165) is 67.3 Å². The molecule has 9 heteroatoms. The fourth-order valence-corrected chi connectivity index (χ4v) is 6.47. The van der Waals surface area contributed by atoms with Crippen molar-refractivity contribution in [2.24, 2.45) is 0 Å². The zero-order valence-electron chi connectivity index (χ0n) is 20.6. The molecule has 2 aromatic carbocycles. The Balaban J connectivity index is 1.53. The summed E-state index contributed by atoms with van der Waals surface area (Å²) in [5.74, 6) is 2.08. The van der Waals surface area contributed by atoms with E-state index in [0.29, 0.717) is 23.9 Å². The Bertz CT molecular complexity index is 1280. The van der Waals surface area contributed by atoms with E-state index in [1.165, 1.54) is 5.56 Å². The Morgan fingerprint density at radius 1 is 1.11 bits per heavy atom. The lowest BCUT2D eigenvalue weighted by atomic mass is 9.87. The first-order valence-electron chi connectivity index (χ1n) is 11.4. The third-order valence-electron chi connectivity index (χ3n) is 6.39. The van der Waals surface area contributed by atoms with E-state index in [4.69, 9.17) is 14.2 Å². The van der Waals surface area contributed by atoms with Crippen LogP contribution in [-0.4, -0.2) is 30.0 Å². The van der Waals surface area contributed by atoms with Gasteiger partial charge in [0, 0.05) is 5.56 Å². The molecule has 1 atom stereocenters. The summed E-state index contributed by atoms with van der Waals surface area (Å²) in [7, 11) is 0. The highest BCUT2D eigenvalue weighted by molar-refractivity contribution is 9.11. The fraction of sp³-hybridized carbons (Fsp3) is 0.333. The highest BCUT2D eigenvalue weighted by atomic mass is 79.9. The molecule has 2 aliphatic heterocycles. The number of hydrogen-bond acceptors (Lipinski definition) is 6. The molecule has 36 heavy (non-hydrogen) atoms. The largest absolute Gasteiger partial charge is 0.489 e. The van der Waals surface area contributed by atoms with Crippen molar-refractivity contribution >= 4 is 60.8 Å². The summed E-state index contributed by atoms with van der Waals surface area (Å²) in [4.78, 5) is 23.6. The molecular formula is C27H27Br2NO5S. The van der Waals surface area contributed by atoms with Crippen molar-refractivity contribution in [1.29, 1.82) is 0 Å². The number of halogens is 2. The first-order chi connectivity index (χ1) is 17.0. The SMILES string of the molecule is C=CCOc1c(C)c(C)c2c(c1C)CCC(C)(COc1c(Br)cc(C=C3SC(=O)NC3=O)cc1Br)O2. The van der Waals surface area contributed by atoms with Gasteiger partial charge in [-0.05, 0) is 125 Å². The molecule has 2 aromatic rings. The summed E-state index contributed by atoms with van der Waals surface area (Å²) >= 11 is 8.05. The van der Waals surface area contributed by atoms with E-state index in [1.807, 2.05) is 12.1 Å². The number of hydrogen-bond donors (Lipinski definition) is 1. The van der Waals surface area contributed by atoms with Crippen LogP contribution in [0.15, 0.2) is 38.6 Å². The van der Waals surface area contributed by atoms with Crippen molar-refractivity contribution in [2.75, 3.05) is 13.2 Å². The molecule has 0 aromatic heterocycles. The smallest absolute Gasteiger partial charge is 0.290 e. The van der Waals surface area contributed by atoms with Crippen molar-refractivity contribution in [1.82, 2.24) is 5.32 Å². The molecule has 190 valence electrons. The molecule has 2 amide bonds. The monoisotopic (exact) mass is 635 g/mol. The van der Waals surface area contributed by atoms with E-state index in [2.05, 4.69) is 71.5 Å². The van der Waals surface area contributed by atoms with Gasteiger partial charge in [0.2, 0.25) is 0 Å². The fourth-order valence-electron chi connectivity index (χ4n) is 4.34. The maximum Gasteiger partial charge on any atom is 0.290 e. The van der Waals surface area contributed by atoms with E-state index < -0.39 is 5.60 Å². The minimum atomic E-state index is -0.515. The molecule has 0 bridgehead atoms. The van der Waals surface area contributed by atoms with Crippen LogP contribution in [-0.2, 0) is 11.2 Å². The molecule has 1 unspecified atom stereocenters. The summed E-state index contributed by atoms with van der Waals surface area (Å²) in [6.07, 6.45) is 5.08. The third-order valence-corrected chi connectivity index (χ3v) is 8.38. The van der Waals surface area contributed by atoms with Crippen LogP contribution in [0.5, 0.6) is 17.2 Å². The minimum Gasteiger partial charge on any atom is -0.489 e. The number of rotatable bonds is 7. The summed E-state index contributed by atoms with van der Waals surface area (Å²) in [6, 6.07) is 3.70. The molecule has 1 N–H and O–H groups in total. The lowest BCUT2D eigenvalue weighted by molar-refractivity contribution is -0.115. The maximum absolute atomic E-state index is 11.9. The highest BCUT2D eigenvalue weighted by Gasteiger charge is 2.36. The van der Waals surface area contributed by atoms with Crippen LogP contribution in [0.25, 0.3) is 6.08 Å². The third kappa shape index (κ3) is 5.38. The molecule has 0 spiro atoms. The van der Waals surface area contributed by atoms with Crippen molar-refractivity contribution < 1.29 is 23.8 Å². The van der Waals surface area contributed by atoms with Gasteiger partial charge in [-0.1, -0.05) is 12.7 Å². The molecular weight excluding hydrogens is 610 g/mol. The molecule has 0 radical (unpaired) electrons. The Morgan fingerprint density at radius 3 is 2.42 bits per heavy atom. The van der Waals surface area contributed by atoms with E-state index >= 15 is 0 Å². The van der Waals surface area contributed by atoms with Gasteiger partial charge in [-0.3, -0.25) is 14.9 Å². The molecule has 0 aliphatic carbocycles. The van der Waals surface area contributed by atoms with Gasteiger partial charge < -0.3 is 14.2 Å². The minimum absolute atomic E-state index is 0.350. The average Bonchev–Trinajstić information content (AvgIpc) is 3.13. The molecule has 4 rings (SSSR count). The Labute approximate surface area is 232 Å². The quantitative estimate of drug-likeness (QED) is 0.256. The highest BCUT2D eigenvalue weighted by Crippen LogP contribution is 2.44. The summed E-state index contributed by atoms with van der Waals surface area (Å²) in [6.45, 7) is 12.8. The van der Waals surface area contributed by atoms with Crippen molar-refractivity contribution in [3.63, 3.8) is 0 Å². The second-order valence-corrected chi connectivity index (χ2v) is 11.8. The van der Waals surface area contributed by atoms with Gasteiger partial charge in [-0.25, -0.2) is 0 Å². The van der Waals surface area contributed by atoms with E-state index in [9.17, 15) is 9.59 Å². The number of amides is 2. The second-order valence-electron chi connectivity index (χ2n) is 9.12. The summed E-state index contributed by atoms with van der Waals surface area (Å²) in [5, 5.41) is 1.89. The number of nitrogens with one attached hydrogen (secondary N) is 1. The number of carbonyl (C=O) groups excluding carboxylic acids is 2. The molecule has 1 fully saturated rings. The molecule has 2 heterocycles. The predicted octanol–water partition coefficient (Wildman–Crippen LogP) is 7.19. The molecule has 2 aliphatic rings. The molecule has 1 saturated heterocycles. The Kier molecular flexibility index (Phi) is 7.92. The normalized spacial score (nSPS) is 20.1. The van der Waals surface area contributed by atoms with Gasteiger partial charge in [0.25, 0.3) is 11.1 Å². The standard InChI is InChI=1S/C27H27Br2NO5S/c1-6-9-33-22-14(2)15(3)23-18(16(22)4)7-8-27(5,35-23)13-34-24-19(28)10-17(11-20(24)29)12-21-25(31)30-26(32)36-21/h6,10-12H,1,7-9,13H2,2-5H3,(H,30,31,32). The summed E-state index contributed by atoms with van der Waals surface area (Å²) < 4.78 is 20.2. The Hall–Kier alpha value is -2.23. The van der Waals surface area contributed by atoms with Crippen LogP contribution in [0.2, 0.25) is 0 Å². The van der Waals surface area contributed by atoms with Gasteiger partial charge in [-0.15, -0.1) is 0 Å². The van der Waals surface area contributed by atoms with Crippen LogP contribution in [0.3, 0.4) is 0 Å². The average molecular weight is 637 g/mol. The molecule has 6 nitrogen and oxygen atoms in total. The zero-order chi connectivity index (χ0) is 26.2. The van der Waals surface area contributed by atoms with Crippen LogP contribution in [0, 0.1) is 20.8 Å². The molecule has 0 saturated carbocycles. The number of ether oxygens (including phenoxy) is 3. The van der Waals surface area contributed by atoms with Gasteiger partial charge in [-0.2, -0.15) is 0 Å². The van der Waals surface area contributed by atoms with Crippen LogP contribution in [0.1, 0.15) is 41.2 Å². The van der Waals surface area contributed by atoms with E-state index in [-0.39, 0.29) is 11.1 Å². The van der Waals surface area contributed by atoms with E-state index in [1.54, 1.807) is 12.2 Å². The van der Waals surface area contributed by atoms with Crippen molar-refractivity contribution in [2.45, 2.75) is 46.1 Å². The first-order valence-corrected chi connectivity index (χ1v) is 13.9. The predicted molar refractivity (Wildman–Crippen MR) is 150 cm³/mol. The number of imide groups is 1. The van der Waals surface area contributed by atoms with Gasteiger partial charge >= 0.3 is 0 Å². The van der Waals surface area contributed by atoms with Crippen molar-refractivity contribution in [3.05, 3.63) is 66.5 Å².